The molecule has 2 aromatic carbocycles. The Morgan fingerprint density at radius 3 is 1.68 bits per heavy atom. The second kappa shape index (κ2) is 6.94. The molecule has 2 aromatic rings. The Kier molecular flexibility index (Phi) is 5.57. The van der Waals surface area contributed by atoms with Crippen molar-refractivity contribution >= 4 is 5.57 Å². The van der Waals surface area contributed by atoms with E-state index in [4.69, 9.17) is 0 Å². The molecule has 0 saturated carbocycles. The molecule has 0 aliphatic rings. The Balaban J connectivity index is 0.000000191. The molecule has 0 aliphatic carbocycles. The van der Waals surface area contributed by atoms with Gasteiger partial charge in [0, 0.05) is 0 Å². The topological polar surface area (TPSA) is 0 Å². The molecular weight excluding hydrogens is 228 g/mol. The van der Waals surface area contributed by atoms with Crippen molar-refractivity contribution in [3.63, 3.8) is 0 Å². The van der Waals surface area contributed by atoms with E-state index in [1.165, 1.54) is 27.8 Å². The molecule has 0 spiro atoms. The molecule has 0 unspecified atom stereocenters. The largest absolute Gasteiger partial charge is 0.0955 e. The van der Waals surface area contributed by atoms with Gasteiger partial charge in [0.1, 0.15) is 0 Å². The highest BCUT2D eigenvalue weighted by molar-refractivity contribution is 5.61. The van der Waals surface area contributed by atoms with Crippen molar-refractivity contribution in [3.05, 3.63) is 76.9 Å². The zero-order valence-corrected chi connectivity index (χ0v) is 12.7. The zero-order valence-electron chi connectivity index (χ0n) is 12.7. The Morgan fingerprint density at radius 2 is 1.26 bits per heavy atom. The first-order valence-electron chi connectivity index (χ1n) is 6.66. The second-order valence-corrected chi connectivity index (χ2v) is 5.23. The van der Waals surface area contributed by atoms with Crippen LogP contribution in [-0.2, 0) is 0 Å². The predicted octanol–water partition coefficient (Wildman–Crippen LogP) is 5.64. The zero-order chi connectivity index (χ0) is 14.4. The Labute approximate surface area is 117 Å². The van der Waals surface area contributed by atoms with E-state index in [0.717, 1.165) is 5.57 Å². The molecule has 2 rings (SSSR count). The van der Waals surface area contributed by atoms with Gasteiger partial charge in [0.05, 0.1) is 0 Å². The quantitative estimate of drug-likeness (QED) is 0.616. The third-order valence-electron chi connectivity index (χ3n) is 3.21. The first-order valence-corrected chi connectivity index (χ1v) is 6.66. The molecule has 0 N–H and O–H groups in total. The highest BCUT2D eigenvalue weighted by Crippen LogP contribution is 2.11. The summed E-state index contributed by atoms with van der Waals surface area (Å²) in [7, 11) is 0. The SMILES string of the molecule is C=C(C)c1ccc(C)cc1.Cc1ccc(C)c(C)c1. The predicted molar refractivity (Wildman–Crippen MR) is 86.5 cm³/mol. The fourth-order valence-corrected chi connectivity index (χ4v) is 1.73. The van der Waals surface area contributed by atoms with Gasteiger partial charge in [-0.25, -0.2) is 0 Å². The van der Waals surface area contributed by atoms with Crippen LogP contribution in [0.15, 0.2) is 49.0 Å². The smallest absolute Gasteiger partial charge is 0.0233 e. The molecule has 0 atom stereocenters. The summed E-state index contributed by atoms with van der Waals surface area (Å²) in [6.07, 6.45) is 0. The first kappa shape index (κ1) is 15.2. The fraction of sp³-hybridized carbons (Fsp3) is 0.263. The van der Waals surface area contributed by atoms with Crippen LogP contribution in [0, 0.1) is 27.7 Å². The summed E-state index contributed by atoms with van der Waals surface area (Å²) in [5.74, 6) is 0. The van der Waals surface area contributed by atoms with Gasteiger partial charge in [-0.1, -0.05) is 65.7 Å². The van der Waals surface area contributed by atoms with Gasteiger partial charge in [-0.05, 0) is 51.3 Å². The Hall–Kier alpha value is -1.82. The standard InChI is InChI=1S/C10H12.C9H12/c1-8(2)10-6-4-9(3)5-7-10;1-7-4-5-8(2)9(3)6-7/h4-7H,1H2,2-3H3;4-6H,1-3H3. The van der Waals surface area contributed by atoms with Gasteiger partial charge in [0.25, 0.3) is 0 Å². The van der Waals surface area contributed by atoms with Crippen LogP contribution in [0.4, 0.5) is 0 Å². The molecule has 100 valence electrons. The summed E-state index contributed by atoms with van der Waals surface area (Å²) in [6, 6.07) is 14.9. The van der Waals surface area contributed by atoms with Gasteiger partial charge in [-0.2, -0.15) is 0 Å². The van der Waals surface area contributed by atoms with E-state index >= 15 is 0 Å². The van der Waals surface area contributed by atoms with E-state index in [0.29, 0.717) is 0 Å². The van der Waals surface area contributed by atoms with Crippen LogP contribution in [0.2, 0.25) is 0 Å². The highest BCUT2D eigenvalue weighted by atomic mass is 14.0. The lowest BCUT2D eigenvalue weighted by Gasteiger charge is -1.98. The maximum absolute atomic E-state index is 3.86. The van der Waals surface area contributed by atoms with Crippen LogP contribution in [0.5, 0.6) is 0 Å². The van der Waals surface area contributed by atoms with E-state index in [2.05, 4.69) is 76.7 Å². The Morgan fingerprint density at radius 1 is 0.737 bits per heavy atom. The minimum Gasteiger partial charge on any atom is -0.0955 e. The molecular formula is C19H24. The van der Waals surface area contributed by atoms with Gasteiger partial charge in [0.2, 0.25) is 0 Å². The lowest BCUT2D eigenvalue weighted by Crippen LogP contribution is -1.79. The number of hydrogen-bond acceptors (Lipinski definition) is 0. The van der Waals surface area contributed by atoms with Crippen LogP contribution in [0.1, 0.15) is 34.7 Å². The van der Waals surface area contributed by atoms with E-state index in [9.17, 15) is 0 Å². The van der Waals surface area contributed by atoms with Crippen LogP contribution < -0.4 is 0 Å². The summed E-state index contributed by atoms with van der Waals surface area (Å²) < 4.78 is 0. The molecule has 0 aliphatic heterocycles. The van der Waals surface area contributed by atoms with Gasteiger partial charge >= 0.3 is 0 Å². The number of benzene rings is 2. The molecule has 0 saturated heterocycles. The lowest BCUT2D eigenvalue weighted by atomic mass is 10.1. The summed E-state index contributed by atoms with van der Waals surface area (Å²) in [4.78, 5) is 0. The van der Waals surface area contributed by atoms with E-state index in [1.54, 1.807) is 0 Å². The monoisotopic (exact) mass is 252 g/mol. The molecule has 0 amide bonds. The van der Waals surface area contributed by atoms with Crippen LogP contribution >= 0.6 is 0 Å². The molecule has 0 heteroatoms. The van der Waals surface area contributed by atoms with Crippen molar-refractivity contribution in [2.24, 2.45) is 0 Å². The third-order valence-corrected chi connectivity index (χ3v) is 3.21. The maximum Gasteiger partial charge on any atom is -0.0233 e. The second-order valence-electron chi connectivity index (χ2n) is 5.23. The molecule has 0 fully saturated rings. The highest BCUT2D eigenvalue weighted by Gasteiger charge is 1.90. The number of hydrogen-bond donors (Lipinski definition) is 0. The number of allylic oxidation sites excluding steroid dienone is 1. The fourth-order valence-electron chi connectivity index (χ4n) is 1.73. The summed E-state index contributed by atoms with van der Waals surface area (Å²) in [6.45, 7) is 14.4. The van der Waals surface area contributed by atoms with Gasteiger partial charge in [0.15, 0.2) is 0 Å². The average molecular weight is 252 g/mol. The maximum atomic E-state index is 3.86. The van der Waals surface area contributed by atoms with Crippen molar-refractivity contribution in [2.45, 2.75) is 34.6 Å². The van der Waals surface area contributed by atoms with Gasteiger partial charge < -0.3 is 0 Å². The molecule has 0 heterocycles. The summed E-state index contributed by atoms with van der Waals surface area (Å²) >= 11 is 0. The summed E-state index contributed by atoms with van der Waals surface area (Å²) in [5.41, 5.74) is 7.75. The molecule has 0 nitrogen and oxygen atoms in total. The molecule has 0 aromatic heterocycles. The molecule has 0 bridgehead atoms. The van der Waals surface area contributed by atoms with Crippen molar-refractivity contribution in [1.29, 1.82) is 0 Å². The van der Waals surface area contributed by atoms with Crippen molar-refractivity contribution < 1.29 is 0 Å². The van der Waals surface area contributed by atoms with E-state index < -0.39 is 0 Å². The van der Waals surface area contributed by atoms with Crippen LogP contribution in [0.25, 0.3) is 5.57 Å². The van der Waals surface area contributed by atoms with Crippen molar-refractivity contribution in [3.8, 4) is 0 Å². The van der Waals surface area contributed by atoms with Crippen molar-refractivity contribution in [2.75, 3.05) is 0 Å². The molecule has 19 heavy (non-hydrogen) atoms. The number of rotatable bonds is 1. The van der Waals surface area contributed by atoms with Gasteiger partial charge in [-0.15, -0.1) is 0 Å². The minimum absolute atomic E-state index is 1.13. The van der Waals surface area contributed by atoms with Crippen LogP contribution in [0.3, 0.4) is 0 Å². The van der Waals surface area contributed by atoms with E-state index in [1.807, 2.05) is 6.92 Å². The minimum atomic E-state index is 1.13. The van der Waals surface area contributed by atoms with E-state index in [-0.39, 0.29) is 0 Å². The number of aryl methyl sites for hydroxylation is 4. The third kappa shape index (κ3) is 5.13. The summed E-state index contributed by atoms with van der Waals surface area (Å²) in [5, 5.41) is 0. The van der Waals surface area contributed by atoms with Crippen molar-refractivity contribution in [1.82, 2.24) is 0 Å². The molecule has 0 radical (unpaired) electrons. The first-order chi connectivity index (χ1) is 8.90. The normalized spacial score (nSPS) is 9.53. The average Bonchev–Trinajstić information content (AvgIpc) is 2.35. The van der Waals surface area contributed by atoms with Crippen LogP contribution in [-0.4, -0.2) is 0 Å². The van der Waals surface area contributed by atoms with Gasteiger partial charge in [-0.3, -0.25) is 0 Å². The Bertz CT molecular complexity index is 545. The lowest BCUT2D eigenvalue weighted by molar-refractivity contribution is 1.30.